The van der Waals surface area contributed by atoms with Gasteiger partial charge < -0.3 is 14.7 Å². The zero-order chi connectivity index (χ0) is 15.7. The number of carbonyl (C=O) groups is 1. The lowest BCUT2D eigenvalue weighted by molar-refractivity contribution is -0.141. The van der Waals surface area contributed by atoms with Crippen LogP contribution in [0.25, 0.3) is 10.8 Å². The Balaban J connectivity index is 2.09. The van der Waals surface area contributed by atoms with Gasteiger partial charge in [-0.2, -0.15) is 0 Å². The van der Waals surface area contributed by atoms with Gasteiger partial charge in [-0.05, 0) is 37.5 Å². The SMILES string of the molecule is COc1ncc(C)c2c(N3CCCC(C(=O)O)C3)cccc12. The van der Waals surface area contributed by atoms with Crippen molar-refractivity contribution >= 4 is 22.4 Å². The average molecular weight is 300 g/mol. The zero-order valence-corrected chi connectivity index (χ0v) is 12.9. The topological polar surface area (TPSA) is 62.7 Å². The quantitative estimate of drug-likeness (QED) is 0.944. The van der Waals surface area contributed by atoms with E-state index < -0.39 is 5.97 Å². The Kier molecular flexibility index (Phi) is 3.88. The number of benzene rings is 1. The normalized spacial score (nSPS) is 18.5. The van der Waals surface area contributed by atoms with Gasteiger partial charge >= 0.3 is 5.97 Å². The third kappa shape index (κ3) is 2.47. The Bertz CT molecular complexity index is 714. The van der Waals surface area contributed by atoms with E-state index >= 15 is 0 Å². The molecule has 5 nitrogen and oxygen atoms in total. The second-order valence-electron chi connectivity index (χ2n) is 5.77. The predicted octanol–water partition coefficient (Wildman–Crippen LogP) is 2.85. The second kappa shape index (κ2) is 5.83. The van der Waals surface area contributed by atoms with Gasteiger partial charge in [-0.3, -0.25) is 4.79 Å². The van der Waals surface area contributed by atoms with E-state index in [2.05, 4.69) is 16.0 Å². The van der Waals surface area contributed by atoms with Gasteiger partial charge in [0.25, 0.3) is 0 Å². The van der Waals surface area contributed by atoms with Gasteiger partial charge in [0.1, 0.15) is 0 Å². The summed E-state index contributed by atoms with van der Waals surface area (Å²) in [5.74, 6) is -0.400. The summed E-state index contributed by atoms with van der Waals surface area (Å²) in [6.45, 7) is 3.46. The Morgan fingerprint density at radius 3 is 3.00 bits per heavy atom. The smallest absolute Gasteiger partial charge is 0.308 e. The molecule has 5 heteroatoms. The first-order chi connectivity index (χ1) is 10.6. The number of methoxy groups -OCH3 is 1. The van der Waals surface area contributed by atoms with Crippen LogP contribution in [-0.2, 0) is 4.79 Å². The molecule has 1 fully saturated rings. The lowest BCUT2D eigenvalue weighted by atomic mass is 9.96. The molecule has 1 saturated heterocycles. The highest BCUT2D eigenvalue weighted by molar-refractivity contribution is 5.99. The minimum atomic E-state index is -0.707. The Hall–Kier alpha value is -2.30. The van der Waals surface area contributed by atoms with Crippen molar-refractivity contribution in [2.24, 2.45) is 5.92 Å². The number of nitrogens with zero attached hydrogens (tertiary/aromatic N) is 2. The second-order valence-corrected chi connectivity index (χ2v) is 5.77. The molecule has 1 N–H and O–H groups in total. The molecule has 1 atom stereocenters. The molecule has 1 aliphatic heterocycles. The minimum absolute atomic E-state index is 0.298. The molecule has 1 aromatic heterocycles. The summed E-state index contributed by atoms with van der Waals surface area (Å²) in [5.41, 5.74) is 2.14. The van der Waals surface area contributed by atoms with Gasteiger partial charge in [-0.25, -0.2) is 4.98 Å². The summed E-state index contributed by atoms with van der Waals surface area (Å²) in [6, 6.07) is 6.03. The van der Waals surface area contributed by atoms with E-state index in [0.29, 0.717) is 12.4 Å². The molecule has 2 aromatic rings. The fraction of sp³-hybridized carbons (Fsp3) is 0.412. The van der Waals surface area contributed by atoms with Gasteiger partial charge in [0.15, 0.2) is 0 Å². The van der Waals surface area contributed by atoms with Gasteiger partial charge in [-0.15, -0.1) is 0 Å². The number of carboxylic acids is 1. The summed E-state index contributed by atoms with van der Waals surface area (Å²) in [7, 11) is 1.62. The summed E-state index contributed by atoms with van der Waals surface area (Å²) in [5, 5.41) is 11.4. The van der Waals surface area contributed by atoms with Crippen molar-refractivity contribution in [3.63, 3.8) is 0 Å². The van der Waals surface area contributed by atoms with Crippen molar-refractivity contribution in [2.75, 3.05) is 25.1 Å². The van der Waals surface area contributed by atoms with E-state index in [1.165, 1.54) is 0 Å². The van der Waals surface area contributed by atoms with Crippen molar-refractivity contribution in [1.29, 1.82) is 0 Å². The van der Waals surface area contributed by atoms with E-state index in [4.69, 9.17) is 4.74 Å². The number of hydrogen-bond acceptors (Lipinski definition) is 4. The van der Waals surface area contributed by atoms with E-state index in [9.17, 15) is 9.90 Å². The fourth-order valence-corrected chi connectivity index (χ4v) is 3.25. The first-order valence-electron chi connectivity index (χ1n) is 7.52. The van der Waals surface area contributed by atoms with Crippen LogP contribution in [0.4, 0.5) is 5.69 Å². The van der Waals surface area contributed by atoms with Crippen LogP contribution >= 0.6 is 0 Å². The average Bonchev–Trinajstić information content (AvgIpc) is 2.55. The number of anilines is 1. The molecule has 0 saturated carbocycles. The van der Waals surface area contributed by atoms with Crippen LogP contribution in [0.2, 0.25) is 0 Å². The van der Waals surface area contributed by atoms with Crippen LogP contribution < -0.4 is 9.64 Å². The van der Waals surface area contributed by atoms with Crippen LogP contribution in [-0.4, -0.2) is 36.3 Å². The maximum absolute atomic E-state index is 11.3. The molecule has 116 valence electrons. The van der Waals surface area contributed by atoms with Crippen LogP contribution in [0.1, 0.15) is 18.4 Å². The highest BCUT2D eigenvalue weighted by Gasteiger charge is 2.26. The molecule has 22 heavy (non-hydrogen) atoms. The Morgan fingerprint density at radius 1 is 1.45 bits per heavy atom. The molecule has 0 bridgehead atoms. The molecular formula is C17H20N2O3. The number of rotatable bonds is 3. The minimum Gasteiger partial charge on any atom is -0.481 e. The molecule has 2 heterocycles. The molecule has 1 aliphatic rings. The first kappa shape index (κ1) is 14.6. The van der Waals surface area contributed by atoms with Crippen molar-refractivity contribution in [3.05, 3.63) is 30.0 Å². The van der Waals surface area contributed by atoms with Gasteiger partial charge in [0.05, 0.1) is 13.0 Å². The lowest BCUT2D eigenvalue weighted by Gasteiger charge is -2.33. The van der Waals surface area contributed by atoms with Gasteiger partial charge in [-0.1, -0.05) is 6.07 Å². The fourth-order valence-electron chi connectivity index (χ4n) is 3.25. The summed E-state index contributed by atoms with van der Waals surface area (Å²) in [6.07, 6.45) is 3.46. The van der Waals surface area contributed by atoms with Gasteiger partial charge in [0.2, 0.25) is 5.88 Å². The highest BCUT2D eigenvalue weighted by Crippen LogP contribution is 2.35. The number of pyridine rings is 1. The molecule has 0 amide bonds. The van der Waals surface area contributed by atoms with Crippen molar-refractivity contribution in [3.8, 4) is 5.88 Å². The van der Waals surface area contributed by atoms with E-state index in [1.54, 1.807) is 7.11 Å². The number of carboxylic acid groups (broad SMARTS) is 1. The molecule has 0 radical (unpaired) electrons. The summed E-state index contributed by atoms with van der Waals surface area (Å²) in [4.78, 5) is 17.8. The number of fused-ring (bicyclic) bond motifs is 1. The maximum atomic E-state index is 11.3. The highest BCUT2D eigenvalue weighted by atomic mass is 16.5. The van der Waals surface area contributed by atoms with Crippen LogP contribution in [0.3, 0.4) is 0 Å². The standard InChI is InChI=1S/C17H20N2O3/c1-11-9-18-16(22-2)13-6-3-7-14(15(11)13)19-8-4-5-12(10-19)17(20)21/h3,6-7,9,12H,4-5,8,10H2,1-2H3,(H,20,21). The maximum Gasteiger partial charge on any atom is 0.308 e. The number of piperidine rings is 1. The van der Waals surface area contributed by atoms with E-state index in [-0.39, 0.29) is 5.92 Å². The lowest BCUT2D eigenvalue weighted by Crippen LogP contribution is -2.38. The molecule has 1 unspecified atom stereocenters. The first-order valence-corrected chi connectivity index (χ1v) is 7.52. The Labute approximate surface area is 129 Å². The van der Waals surface area contributed by atoms with Crippen LogP contribution in [0, 0.1) is 12.8 Å². The van der Waals surface area contributed by atoms with Crippen LogP contribution in [0.5, 0.6) is 5.88 Å². The third-order valence-corrected chi connectivity index (χ3v) is 4.35. The molecular weight excluding hydrogens is 280 g/mol. The van der Waals surface area contributed by atoms with Crippen molar-refractivity contribution < 1.29 is 14.6 Å². The molecule has 3 rings (SSSR count). The number of aryl methyl sites for hydroxylation is 1. The van der Waals surface area contributed by atoms with Crippen LogP contribution in [0.15, 0.2) is 24.4 Å². The van der Waals surface area contributed by atoms with Crippen molar-refractivity contribution in [2.45, 2.75) is 19.8 Å². The number of ether oxygens (including phenoxy) is 1. The number of hydrogen-bond donors (Lipinski definition) is 1. The largest absolute Gasteiger partial charge is 0.481 e. The third-order valence-electron chi connectivity index (χ3n) is 4.35. The van der Waals surface area contributed by atoms with Crippen molar-refractivity contribution in [1.82, 2.24) is 4.98 Å². The summed E-state index contributed by atoms with van der Waals surface area (Å²) < 4.78 is 5.36. The Morgan fingerprint density at radius 2 is 2.27 bits per heavy atom. The molecule has 0 spiro atoms. The molecule has 0 aliphatic carbocycles. The zero-order valence-electron chi connectivity index (χ0n) is 12.9. The summed E-state index contributed by atoms with van der Waals surface area (Å²) >= 11 is 0. The number of aliphatic carboxylic acids is 1. The number of aromatic nitrogens is 1. The monoisotopic (exact) mass is 300 g/mol. The predicted molar refractivity (Wildman–Crippen MR) is 85.6 cm³/mol. The van der Waals surface area contributed by atoms with E-state index in [0.717, 1.165) is 41.4 Å². The molecule has 1 aromatic carbocycles. The van der Waals surface area contributed by atoms with Gasteiger partial charge in [0, 0.05) is 35.7 Å². The van der Waals surface area contributed by atoms with E-state index in [1.807, 2.05) is 25.3 Å².